The zero-order valence-corrected chi connectivity index (χ0v) is 10.1. The maximum absolute atomic E-state index is 5.75. The molecule has 0 spiro atoms. The van der Waals surface area contributed by atoms with Crippen molar-refractivity contribution in [3.63, 3.8) is 0 Å². The number of anilines is 1. The molecular formula is C11H15N5O. The van der Waals surface area contributed by atoms with Gasteiger partial charge in [-0.25, -0.2) is 9.97 Å². The van der Waals surface area contributed by atoms with Crippen molar-refractivity contribution in [2.75, 3.05) is 12.8 Å². The van der Waals surface area contributed by atoms with Gasteiger partial charge in [-0.3, -0.25) is 4.68 Å². The van der Waals surface area contributed by atoms with Gasteiger partial charge in [0.1, 0.15) is 5.82 Å². The molecule has 17 heavy (non-hydrogen) atoms. The van der Waals surface area contributed by atoms with Gasteiger partial charge >= 0.3 is 0 Å². The average Bonchev–Trinajstić information content (AvgIpc) is 2.57. The van der Waals surface area contributed by atoms with Gasteiger partial charge in [-0.2, -0.15) is 5.10 Å². The first kappa shape index (κ1) is 11.5. The molecule has 0 unspecified atom stereocenters. The minimum Gasteiger partial charge on any atom is -0.384 e. The van der Waals surface area contributed by atoms with Gasteiger partial charge in [-0.05, 0) is 6.92 Å². The summed E-state index contributed by atoms with van der Waals surface area (Å²) in [6.45, 7) is 2.33. The molecule has 2 aromatic heterocycles. The molecule has 6 nitrogen and oxygen atoms in total. The zero-order chi connectivity index (χ0) is 12.4. The summed E-state index contributed by atoms with van der Waals surface area (Å²) in [5.41, 5.74) is 8.27. The van der Waals surface area contributed by atoms with Gasteiger partial charge in [-0.15, -0.1) is 0 Å². The molecule has 0 aliphatic carbocycles. The van der Waals surface area contributed by atoms with E-state index in [2.05, 4.69) is 15.1 Å². The standard InChI is InChI=1S/C11H15N5O/c1-7-9(5-16(2)15-7)11-13-8(6-17-3)4-10(12)14-11/h4-5H,6H2,1-3H3,(H2,12,13,14). The third-order valence-electron chi connectivity index (χ3n) is 2.35. The molecule has 0 fully saturated rings. The minimum atomic E-state index is 0.416. The lowest BCUT2D eigenvalue weighted by atomic mass is 10.2. The van der Waals surface area contributed by atoms with Crippen molar-refractivity contribution >= 4 is 5.82 Å². The predicted octanol–water partition coefficient (Wildman–Crippen LogP) is 0.914. The van der Waals surface area contributed by atoms with Crippen molar-refractivity contribution in [2.24, 2.45) is 7.05 Å². The van der Waals surface area contributed by atoms with Crippen molar-refractivity contribution in [1.29, 1.82) is 0 Å². The van der Waals surface area contributed by atoms with Crippen molar-refractivity contribution < 1.29 is 4.74 Å². The molecule has 2 aromatic rings. The Morgan fingerprint density at radius 3 is 2.76 bits per heavy atom. The lowest BCUT2D eigenvalue weighted by Crippen LogP contribution is -2.01. The number of nitrogen functional groups attached to an aromatic ring is 1. The highest BCUT2D eigenvalue weighted by atomic mass is 16.5. The topological polar surface area (TPSA) is 78.9 Å². The lowest BCUT2D eigenvalue weighted by molar-refractivity contribution is 0.181. The Hall–Kier alpha value is -1.95. The summed E-state index contributed by atoms with van der Waals surface area (Å²) in [4.78, 5) is 8.62. The van der Waals surface area contributed by atoms with Crippen LogP contribution in [0.5, 0.6) is 0 Å². The first-order chi connectivity index (χ1) is 8.10. The molecule has 0 amide bonds. The number of hydrogen-bond acceptors (Lipinski definition) is 5. The van der Waals surface area contributed by atoms with Gasteiger partial charge in [0.2, 0.25) is 0 Å². The Kier molecular flexibility index (Phi) is 3.06. The van der Waals surface area contributed by atoms with E-state index in [-0.39, 0.29) is 0 Å². The summed E-state index contributed by atoms with van der Waals surface area (Å²) in [7, 11) is 3.48. The fourth-order valence-electron chi connectivity index (χ4n) is 1.68. The third kappa shape index (κ3) is 2.42. The summed E-state index contributed by atoms with van der Waals surface area (Å²) in [6, 6.07) is 1.71. The number of methoxy groups -OCH3 is 1. The SMILES string of the molecule is COCc1cc(N)nc(-c2cn(C)nc2C)n1. The van der Waals surface area contributed by atoms with Crippen LogP contribution >= 0.6 is 0 Å². The summed E-state index contributed by atoms with van der Waals surface area (Å²) >= 11 is 0. The van der Waals surface area contributed by atoms with Crippen LogP contribution < -0.4 is 5.73 Å². The van der Waals surface area contributed by atoms with Crippen LogP contribution in [-0.4, -0.2) is 26.9 Å². The van der Waals surface area contributed by atoms with Gasteiger partial charge in [0.15, 0.2) is 5.82 Å². The highest BCUT2D eigenvalue weighted by Gasteiger charge is 2.11. The van der Waals surface area contributed by atoms with Crippen LogP contribution in [0.2, 0.25) is 0 Å². The predicted molar refractivity (Wildman–Crippen MR) is 64.1 cm³/mol. The van der Waals surface area contributed by atoms with Crippen LogP contribution in [-0.2, 0) is 18.4 Å². The Morgan fingerprint density at radius 1 is 1.41 bits per heavy atom. The second kappa shape index (κ2) is 4.50. The molecule has 6 heteroatoms. The Bertz CT molecular complexity index is 535. The van der Waals surface area contributed by atoms with E-state index in [1.165, 1.54) is 0 Å². The smallest absolute Gasteiger partial charge is 0.165 e. The summed E-state index contributed by atoms with van der Waals surface area (Å²) in [6.07, 6.45) is 1.88. The van der Waals surface area contributed by atoms with Gasteiger partial charge < -0.3 is 10.5 Å². The molecule has 0 saturated heterocycles. The highest BCUT2D eigenvalue weighted by molar-refractivity contribution is 5.58. The third-order valence-corrected chi connectivity index (χ3v) is 2.35. The Morgan fingerprint density at radius 2 is 2.18 bits per heavy atom. The van der Waals surface area contributed by atoms with E-state index < -0.39 is 0 Å². The molecule has 2 N–H and O–H groups in total. The number of rotatable bonds is 3. The molecule has 0 bridgehead atoms. The molecule has 0 aromatic carbocycles. The normalized spacial score (nSPS) is 10.8. The van der Waals surface area contributed by atoms with E-state index in [1.54, 1.807) is 17.9 Å². The van der Waals surface area contributed by atoms with E-state index >= 15 is 0 Å². The number of aryl methyl sites for hydroxylation is 2. The number of ether oxygens (including phenoxy) is 1. The van der Waals surface area contributed by atoms with Crippen LogP contribution in [0.15, 0.2) is 12.3 Å². The van der Waals surface area contributed by atoms with E-state index in [0.29, 0.717) is 18.2 Å². The van der Waals surface area contributed by atoms with Gasteiger partial charge in [-0.1, -0.05) is 0 Å². The van der Waals surface area contributed by atoms with E-state index in [9.17, 15) is 0 Å². The minimum absolute atomic E-state index is 0.416. The van der Waals surface area contributed by atoms with Gasteiger partial charge in [0.25, 0.3) is 0 Å². The molecule has 0 aliphatic rings. The van der Waals surface area contributed by atoms with Crippen LogP contribution in [0, 0.1) is 6.92 Å². The molecule has 0 aliphatic heterocycles. The zero-order valence-electron chi connectivity index (χ0n) is 10.1. The molecular weight excluding hydrogens is 218 g/mol. The van der Waals surface area contributed by atoms with Crippen molar-refractivity contribution in [3.05, 3.63) is 23.7 Å². The van der Waals surface area contributed by atoms with E-state index in [4.69, 9.17) is 10.5 Å². The van der Waals surface area contributed by atoms with Crippen LogP contribution in [0.25, 0.3) is 11.4 Å². The molecule has 0 saturated carbocycles. The fraction of sp³-hybridized carbons (Fsp3) is 0.364. The lowest BCUT2D eigenvalue weighted by Gasteiger charge is -2.04. The van der Waals surface area contributed by atoms with Gasteiger partial charge in [0, 0.05) is 26.4 Å². The largest absolute Gasteiger partial charge is 0.384 e. The fourth-order valence-corrected chi connectivity index (χ4v) is 1.68. The molecule has 2 heterocycles. The summed E-state index contributed by atoms with van der Waals surface area (Å²) in [5.74, 6) is 1.02. The second-order valence-electron chi connectivity index (χ2n) is 3.84. The Labute approximate surface area is 99.4 Å². The summed E-state index contributed by atoms with van der Waals surface area (Å²) < 4.78 is 6.77. The molecule has 0 atom stereocenters. The number of hydrogen-bond donors (Lipinski definition) is 1. The van der Waals surface area contributed by atoms with Crippen molar-refractivity contribution in [1.82, 2.24) is 19.7 Å². The summed E-state index contributed by atoms with van der Waals surface area (Å²) in [5, 5.41) is 4.26. The van der Waals surface area contributed by atoms with Crippen molar-refractivity contribution in [3.8, 4) is 11.4 Å². The maximum atomic E-state index is 5.75. The molecule has 90 valence electrons. The second-order valence-corrected chi connectivity index (χ2v) is 3.84. The quantitative estimate of drug-likeness (QED) is 0.852. The van der Waals surface area contributed by atoms with Crippen LogP contribution in [0.4, 0.5) is 5.82 Å². The number of aromatic nitrogens is 4. The number of nitrogens with two attached hydrogens (primary N) is 1. The van der Waals surface area contributed by atoms with E-state index in [1.807, 2.05) is 20.2 Å². The average molecular weight is 233 g/mol. The maximum Gasteiger partial charge on any atom is 0.165 e. The number of nitrogens with zero attached hydrogens (tertiary/aromatic N) is 4. The molecule has 2 rings (SSSR count). The first-order valence-electron chi connectivity index (χ1n) is 5.23. The van der Waals surface area contributed by atoms with Crippen molar-refractivity contribution in [2.45, 2.75) is 13.5 Å². The highest BCUT2D eigenvalue weighted by Crippen LogP contribution is 2.19. The van der Waals surface area contributed by atoms with Crippen LogP contribution in [0.1, 0.15) is 11.4 Å². The van der Waals surface area contributed by atoms with Crippen LogP contribution in [0.3, 0.4) is 0 Å². The Balaban J connectivity index is 2.48. The molecule has 0 radical (unpaired) electrons. The van der Waals surface area contributed by atoms with E-state index in [0.717, 1.165) is 17.0 Å². The van der Waals surface area contributed by atoms with Gasteiger partial charge in [0.05, 0.1) is 23.6 Å². The first-order valence-corrected chi connectivity index (χ1v) is 5.23. The monoisotopic (exact) mass is 233 g/mol.